The highest BCUT2D eigenvalue weighted by Gasteiger charge is 2.23. The molecule has 0 heterocycles. The van der Waals surface area contributed by atoms with E-state index in [1.165, 1.54) is 6.08 Å². The van der Waals surface area contributed by atoms with Crippen LogP contribution in [0.25, 0.3) is 0 Å². The van der Waals surface area contributed by atoms with Crippen molar-refractivity contribution in [2.45, 2.75) is 6.92 Å². The Bertz CT molecular complexity index is 146. The third-order valence-electron chi connectivity index (χ3n) is 1.29. The monoisotopic (exact) mass is 145 g/mol. The van der Waals surface area contributed by atoms with Gasteiger partial charge in [0.05, 0.1) is 0 Å². The highest BCUT2D eigenvalue weighted by Crippen LogP contribution is 1.98. The summed E-state index contributed by atoms with van der Waals surface area (Å²) in [4.78, 5) is 10.2. The lowest BCUT2D eigenvalue weighted by Crippen LogP contribution is -2.56. The van der Waals surface area contributed by atoms with Crippen molar-refractivity contribution < 1.29 is 19.8 Å². The molecule has 0 radical (unpaired) electrons. The zero-order chi connectivity index (χ0) is 8.20. The summed E-state index contributed by atoms with van der Waals surface area (Å²) in [6, 6.07) is 0. The van der Waals surface area contributed by atoms with Gasteiger partial charge < -0.3 is 9.90 Å². The fraction of sp³-hybridized carbons (Fsp3) is 0.500. The van der Waals surface area contributed by atoms with Crippen LogP contribution < -0.4 is 5.11 Å². The Labute approximate surface area is 59.5 Å². The number of hydrogen-bond acceptors (Lipinski definition) is 3. The molecule has 0 bridgehead atoms. The molecule has 1 atom stereocenters. The molecule has 58 valence electrons. The predicted octanol–water partition coefficient (Wildman–Crippen LogP) is -0.258. The molecule has 0 aromatic heterocycles. The van der Waals surface area contributed by atoms with Gasteiger partial charge in [0.25, 0.3) is 6.09 Å². The summed E-state index contributed by atoms with van der Waals surface area (Å²) < 4.78 is -1.09. The van der Waals surface area contributed by atoms with E-state index in [2.05, 4.69) is 6.58 Å². The Kier molecular flexibility index (Phi) is 3.05. The fourth-order valence-electron chi connectivity index (χ4n) is 0.546. The summed E-state index contributed by atoms with van der Waals surface area (Å²) in [7, 11) is 0. The molecule has 0 rings (SSSR count). The first-order valence-electron chi connectivity index (χ1n) is 2.99. The van der Waals surface area contributed by atoms with Gasteiger partial charge in [-0.1, -0.05) is 6.58 Å². The molecule has 1 unspecified atom stereocenters. The molecule has 0 aromatic carbocycles. The van der Waals surface area contributed by atoms with Crippen LogP contribution in [0.3, 0.4) is 0 Å². The Balaban J connectivity index is 4.21. The molecule has 0 saturated carbocycles. The molecule has 1 N–H and O–H groups in total. The number of likely N-dealkylation sites (N-methyl/N-ethyl adjacent to an activating group) is 1. The number of carbonyl (C=O) groups is 1. The molecule has 0 saturated heterocycles. The maximum Gasteiger partial charge on any atom is 0.292 e. The molecular formula is C6H11NO3. The van der Waals surface area contributed by atoms with Crippen LogP contribution in [0, 0.1) is 0 Å². The number of quaternary nitrogens is 1. The van der Waals surface area contributed by atoms with Crippen LogP contribution in [-0.4, -0.2) is 29.0 Å². The van der Waals surface area contributed by atoms with Gasteiger partial charge in [-0.05, 0) is 13.0 Å². The first-order chi connectivity index (χ1) is 4.56. The molecule has 0 aliphatic heterocycles. The second-order valence-electron chi connectivity index (χ2n) is 1.98. The van der Waals surface area contributed by atoms with Gasteiger partial charge in [-0.25, -0.2) is 5.21 Å². The smallest absolute Gasteiger partial charge is 0.292 e. The zero-order valence-electron chi connectivity index (χ0n) is 5.91. The molecule has 0 aliphatic rings. The van der Waals surface area contributed by atoms with Gasteiger partial charge in [-0.2, -0.15) is 0 Å². The lowest BCUT2D eigenvalue weighted by molar-refractivity contribution is -1.05. The zero-order valence-corrected chi connectivity index (χ0v) is 5.91. The maximum atomic E-state index is 10.2. The van der Waals surface area contributed by atoms with Crippen LogP contribution in [0.15, 0.2) is 12.7 Å². The average molecular weight is 145 g/mol. The number of amides is 1. The lowest BCUT2D eigenvalue weighted by Gasteiger charge is -2.26. The number of nitrogens with zero attached hydrogens (tertiary/aromatic N) is 1. The molecule has 4 heteroatoms. The Hall–Kier alpha value is -0.870. The van der Waals surface area contributed by atoms with Gasteiger partial charge >= 0.3 is 0 Å². The van der Waals surface area contributed by atoms with Crippen molar-refractivity contribution in [3.8, 4) is 0 Å². The minimum absolute atomic E-state index is 0.0289. The van der Waals surface area contributed by atoms with Crippen molar-refractivity contribution >= 4 is 6.09 Å². The van der Waals surface area contributed by atoms with E-state index in [1.807, 2.05) is 0 Å². The van der Waals surface area contributed by atoms with E-state index >= 15 is 0 Å². The summed E-state index contributed by atoms with van der Waals surface area (Å²) in [5.74, 6) is 0. The molecule has 10 heavy (non-hydrogen) atoms. The summed E-state index contributed by atoms with van der Waals surface area (Å²) in [5.41, 5.74) is 0. The second kappa shape index (κ2) is 3.34. The van der Waals surface area contributed by atoms with Gasteiger partial charge in [0.2, 0.25) is 0 Å². The van der Waals surface area contributed by atoms with E-state index in [1.54, 1.807) is 6.92 Å². The van der Waals surface area contributed by atoms with Gasteiger partial charge in [0.1, 0.15) is 13.1 Å². The third-order valence-corrected chi connectivity index (χ3v) is 1.29. The molecule has 4 nitrogen and oxygen atoms in total. The highest BCUT2D eigenvalue weighted by molar-refractivity contribution is 5.53. The third kappa shape index (κ3) is 1.82. The van der Waals surface area contributed by atoms with E-state index in [4.69, 9.17) is 5.21 Å². The summed E-state index contributed by atoms with van der Waals surface area (Å²) >= 11 is 0. The number of hydroxylamine groups is 3. The van der Waals surface area contributed by atoms with Crippen LogP contribution in [0.1, 0.15) is 6.92 Å². The second-order valence-corrected chi connectivity index (χ2v) is 1.98. The van der Waals surface area contributed by atoms with Crippen LogP contribution in [0.5, 0.6) is 0 Å². The summed E-state index contributed by atoms with van der Waals surface area (Å²) in [6.07, 6.45) is -0.165. The lowest BCUT2D eigenvalue weighted by atomic mass is 10.5. The minimum atomic E-state index is -1.50. The molecule has 0 aromatic rings. The van der Waals surface area contributed by atoms with Crippen molar-refractivity contribution in [3.05, 3.63) is 12.7 Å². The van der Waals surface area contributed by atoms with Gasteiger partial charge in [0.15, 0.2) is 0 Å². The number of carboxylic acid groups (broad SMARTS) is 1. The van der Waals surface area contributed by atoms with E-state index in [-0.39, 0.29) is 13.1 Å². The van der Waals surface area contributed by atoms with E-state index in [0.717, 1.165) is 0 Å². The SMILES string of the molecule is C=CC[N+](O)(CC)C(=O)[O-]. The van der Waals surface area contributed by atoms with Crippen LogP contribution in [0.4, 0.5) is 4.79 Å². The van der Waals surface area contributed by atoms with Crippen molar-refractivity contribution in [1.82, 2.24) is 0 Å². The number of rotatable bonds is 3. The summed E-state index contributed by atoms with van der Waals surface area (Å²) in [5, 5.41) is 19.3. The molecule has 0 fully saturated rings. The van der Waals surface area contributed by atoms with E-state index in [9.17, 15) is 9.90 Å². The fourth-order valence-corrected chi connectivity index (χ4v) is 0.546. The van der Waals surface area contributed by atoms with Crippen molar-refractivity contribution in [3.63, 3.8) is 0 Å². The van der Waals surface area contributed by atoms with Crippen LogP contribution in [0.2, 0.25) is 0 Å². The highest BCUT2D eigenvalue weighted by atomic mass is 16.6. The average Bonchev–Trinajstić information content (AvgIpc) is 1.88. The standard InChI is InChI=1S/C6H11NO3/c1-3-5-7(10,4-2)6(8)9/h3,10H,1,4-5H2,2H3. The van der Waals surface area contributed by atoms with Crippen molar-refractivity contribution in [2.75, 3.05) is 13.1 Å². The quantitative estimate of drug-likeness (QED) is 0.257. The predicted molar refractivity (Wildman–Crippen MR) is 33.0 cm³/mol. The largest absolute Gasteiger partial charge is 0.496 e. The van der Waals surface area contributed by atoms with Gasteiger partial charge in [-0.3, -0.25) is 0 Å². The van der Waals surface area contributed by atoms with Crippen molar-refractivity contribution in [2.24, 2.45) is 0 Å². The van der Waals surface area contributed by atoms with E-state index in [0.29, 0.717) is 0 Å². The number of carbonyl (C=O) groups excluding carboxylic acids is 1. The topological polar surface area (TPSA) is 60.4 Å². The maximum absolute atomic E-state index is 10.2. The van der Waals surface area contributed by atoms with E-state index < -0.39 is 10.7 Å². The molecule has 0 spiro atoms. The molecular weight excluding hydrogens is 134 g/mol. The minimum Gasteiger partial charge on any atom is -0.496 e. The molecule has 1 amide bonds. The molecule has 0 aliphatic carbocycles. The van der Waals surface area contributed by atoms with Crippen LogP contribution in [-0.2, 0) is 0 Å². The van der Waals surface area contributed by atoms with Crippen LogP contribution >= 0.6 is 0 Å². The Morgan fingerprint density at radius 2 is 2.40 bits per heavy atom. The number of hydrogen-bond donors (Lipinski definition) is 1. The first kappa shape index (κ1) is 9.13. The first-order valence-corrected chi connectivity index (χ1v) is 2.99. The normalized spacial score (nSPS) is 15.8. The summed E-state index contributed by atoms with van der Waals surface area (Å²) in [6.45, 7) is 4.91. The van der Waals surface area contributed by atoms with Crippen molar-refractivity contribution in [1.29, 1.82) is 0 Å². The Morgan fingerprint density at radius 3 is 2.50 bits per heavy atom. The van der Waals surface area contributed by atoms with Gasteiger partial charge in [0, 0.05) is 0 Å². The Morgan fingerprint density at radius 1 is 1.90 bits per heavy atom. The van der Waals surface area contributed by atoms with Gasteiger partial charge in [-0.15, -0.1) is 4.65 Å².